The highest BCUT2D eigenvalue weighted by atomic mass is 16.1. The van der Waals surface area contributed by atoms with Crippen molar-refractivity contribution < 1.29 is 4.79 Å². The van der Waals surface area contributed by atoms with Crippen molar-refractivity contribution in [2.75, 3.05) is 5.73 Å². The van der Waals surface area contributed by atoms with Crippen LogP contribution >= 0.6 is 0 Å². The van der Waals surface area contributed by atoms with Crippen molar-refractivity contribution in [3.63, 3.8) is 0 Å². The van der Waals surface area contributed by atoms with E-state index in [0.29, 0.717) is 11.4 Å². The minimum Gasteiger partial charge on any atom is -0.383 e. The maximum Gasteiger partial charge on any atom is 0.194 e. The van der Waals surface area contributed by atoms with Gasteiger partial charge in [0.2, 0.25) is 0 Å². The van der Waals surface area contributed by atoms with Crippen LogP contribution in [0.1, 0.15) is 48.9 Å². The number of aromatic nitrogens is 2. The molecule has 1 aliphatic rings. The zero-order valence-corrected chi connectivity index (χ0v) is 10.3. The quantitative estimate of drug-likeness (QED) is 0.798. The van der Waals surface area contributed by atoms with E-state index in [-0.39, 0.29) is 5.78 Å². The van der Waals surface area contributed by atoms with E-state index in [0.717, 1.165) is 24.8 Å². The zero-order chi connectivity index (χ0) is 12.3. The van der Waals surface area contributed by atoms with Gasteiger partial charge in [-0.1, -0.05) is 18.9 Å². The molecule has 0 radical (unpaired) electrons. The van der Waals surface area contributed by atoms with Crippen LogP contribution in [0.5, 0.6) is 0 Å². The highest BCUT2D eigenvalue weighted by molar-refractivity contribution is 6.11. The molecule has 0 atom stereocenters. The molecule has 2 rings (SSSR count). The molecule has 4 heteroatoms. The normalized spacial score (nSPS) is 17.1. The molecule has 0 fully saturated rings. The lowest BCUT2D eigenvalue weighted by Crippen LogP contribution is -2.08. The minimum atomic E-state index is 0.0532. The lowest BCUT2D eigenvalue weighted by Gasteiger charge is -2.10. The SMILES string of the molecule is Cn1ncc(C(=O)C2=CCCCCCC2)c1N. The molecule has 1 heterocycles. The monoisotopic (exact) mass is 233 g/mol. The molecule has 0 unspecified atom stereocenters. The standard InChI is InChI=1S/C13H19N3O/c1-16-13(14)11(9-15-16)12(17)10-7-5-3-2-4-6-8-10/h7,9H,2-6,8,14H2,1H3. The maximum atomic E-state index is 12.3. The van der Waals surface area contributed by atoms with Gasteiger partial charge in [-0.15, -0.1) is 0 Å². The number of hydrogen-bond acceptors (Lipinski definition) is 3. The summed E-state index contributed by atoms with van der Waals surface area (Å²) in [6.07, 6.45) is 10.3. The van der Waals surface area contributed by atoms with Gasteiger partial charge in [0.15, 0.2) is 5.78 Å². The Morgan fingerprint density at radius 3 is 2.82 bits per heavy atom. The second-order valence-corrected chi connectivity index (χ2v) is 4.58. The van der Waals surface area contributed by atoms with Crippen molar-refractivity contribution in [3.8, 4) is 0 Å². The number of carbonyl (C=O) groups excluding carboxylic acids is 1. The Balaban J connectivity index is 2.21. The molecular weight excluding hydrogens is 214 g/mol. The molecule has 0 amide bonds. The number of Topliss-reactive ketones (excluding diaryl/α,β-unsaturated/α-hetero) is 1. The van der Waals surface area contributed by atoms with Crippen molar-refractivity contribution in [2.24, 2.45) is 7.05 Å². The molecule has 1 aromatic rings. The number of nitrogens with two attached hydrogens (primary N) is 1. The molecule has 0 aliphatic heterocycles. The van der Waals surface area contributed by atoms with Crippen molar-refractivity contribution in [3.05, 3.63) is 23.4 Å². The Morgan fingerprint density at radius 2 is 2.12 bits per heavy atom. The maximum absolute atomic E-state index is 12.3. The van der Waals surface area contributed by atoms with Crippen molar-refractivity contribution >= 4 is 11.6 Å². The highest BCUT2D eigenvalue weighted by Crippen LogP contribution is 2.22. The Morgan fingerprint density at radius 1 is 1.35 bits per heavy atom. The van der Waals surface area contributed by atoms with Crippen molar-refractivity contribution in [1.29, 1.82) is 0 Å². The summed E-state index contributed by atoms with van der Waals surface area (Å²) in [7, 11) is 1.75. The summed E-state index contributed by atoms with van der Waals surface area (Å²) in [6, 6.07) is 0. The summed E-state index contributed by atoms with van der Waals surface area (Å²) < 4.78 is 1.54. The van der Waals surface area contributed by atoms with Crippen LogP contribution in [0.25, 0.3) is 0 Å². The molecule has 0 bridgehead atoms. The van der Waals surface area contributed by atoms with Gasteiger partial charge in [0.1, 0.15) is 5.82 Å². The highest BCUT2D eigenvalue weighted by Gasteiger charge is 2.18. The molecule has 0 spiro atoms. The Kier molecular flexibility index (Phi) is 3.61. The number of carbonyl (C=O) groups is 1. The van der Waals surface area contributed by atoms with Gasteiger partial charge in [0, 0.05) is 7.05 Å². The zero-order valence-electron chi connectivity index (χ0n) is 10.3. The lowest BCUT2D eigenvalue weighted by atomic mass is 9.95. The van der Waals surface area contributed by atoms with Gasteiger partial charge >= 0.3 is 0 Å². The number of nitrogens with zero attached hydrogens (tertiary/aromatic N) is 2. The second-order valence-electron chi connectivity index (χ2n) is 4.58. The molecule has 17 heavy (non-hydrogen) atoms. The fourth-order valence-corrected chi connectivity index (χ4v) is 2.19. The Hall–Kier alpha value is -1.58. The number of ketones is 1. The van der Waals surface area contributed by atoms with Gasteiger partial charge < -0.3 is 5.73 Å². The minimum absolute atomic E-state index is 0.0532. The van der Waals surface area contributed by atoms with E-state index in [1.165, 1.54) is 23.9 Å². The largest absolute Gasteiger partial charge is 0.383 e. The molecule has 92 valence electrons. The summed E-state index contributed by atoms with van der Waals surface area (Å²) in [6.45, 7) is 0. The molecule has 2 N–H and O–H groups in total. The first kappa shape index (κ1) is 11.9. The van der Waals surface area contributed by atoms with Gasteiger partial charge in [-0.3, -0.25) is 9.48 Å². The van der Waals surface area contributed by atoms with Crippen LogP contribution in [-0.2, 0) is 7.05 Å². The molecule has 0 saturated heterocycles. The molecule has 0 saturated carbocycles. The molecule has 4 nitrogen and oxygen atoms in total. The van der Waals surface area contributed by atoms with Gasteiger partial charge in [-0.2, -0.15) is 5.10 Å². The molecule has 1 aliphatic carbocycles. The number of aryl methyl sites for hydroxylation is 1. The fraction of sp³-hybridized carbons (Fsp3) is 0.538. The van der Waals surface area contributed by atoms with Crippen LogP contribution in [0, 0.1) is 0 Å². The number of nitrogen functional groups attached to an aromatic ring is 1. The summed E-state index contributed by atoms with van der Waals surface area (Å²) in [5, 5.41) is 4.02. The summed E-state index contributed by atoms with van der Waals surface area (Å²) in [4.78, 5) is 12.3. The third kappa shape index (κ3) is 2.57. The predicted octanol–water partition coefficient (Wildman–Crippen LogP) is 2.47. The average molecular weight is 233 g/mol. The topological polar surface area (TPSA) is 60.9 Å². The number of hydrogen-bond donors (Lipinski definition) is 1. The van der Waals surface area contributed by atoms with E-state index in [1.54, 1.807) is 13.2 Å². The summed E-state index contributed by atoms with van der Waals surface area (Å²) in [5.41, 5.74) is 7.28. The second kappa shape index (κ2) is 5.17. The van der Waals surface area contributed by atoms with Crippen LogP contribution in [-0.4, -0.2) is 15.6 Å². The third-order valence-electron chi connectivity index (χ3n) is 3.31. The van der Waals surface area contributed by atoms with E-state index in [1.807, 2.05) is 0 Å². The van der Waals surface area contributed by atoms with Crippen LogP contribution in [0.15, 0.2) is 17.8 Å². The van der Waals surface area contributed by atoms with Gasteiger partial charge in [-0.25, -0.2) is 0 Å². The first-order valence-corrected chi connectivity index (χ1v) is 6.21. The first-order chi connectivity index (χ1) is 8.20. The average Bonchev–Trinajstić information content (AvgIpc) is 2.58. The van der Waals surface area contributed by atoms with E-state index >= 15 is 0 Å². The molecular formula is C13H19N3O. The van der Waals surface area contributed by atoms with E-state index in [4.69, 9.17) is 5.73 Å². The Bertz CT molecular complexity index is 446. The smallest absolute Gasteiger partial charge is 0.194 e. The number of allylic oxidation sites excluding steroid dienone is 2. The van der Waals surface area contributed by atoms with Crippen LogP contribution in [0.2, 0.25) is 0 Å². The molecule has 1 aromatic heterocycles. The first-order valence-electron chi connectivity index (χ1n) is 6.21. The lowest BCUT2D eigenvalue weighted by molar-refractivity contribution is 0.103. The summed E-state index contributed by atoms with van der Waals surface area (Å²) >= 11 is 0. The van der Waals surface area contributed by atoms with Crippen LogP contribution in [0.4, 0.5) is 5.82 Å². The van der Waals surface area contributed by atoms with Gasteiger partial charge in [0.05, 0.1) is 11.8 Å². The number of anilines is 1. The van der Waals surface area contributed by atoms with E-state index in [9.17, 15) is 4.79 Å². The number of rotatable bonds is 2. The van der Waals surface area contributed by atoms with Crippen molar-refractivity contribution in [1.82, 2.24) is 9.78 Å². The predicted molar refractivity (Wildman–Crippen MR) is 67.7 cm³/mol. The fourth-order valence-electron chi connectivity index (χ4n) is 2.19. The van der Waals surface area contributed by atoms with E-state index in [2.05, 4.69) is 11.2 Å². The van der Waals surface area contributed by atoms with Crippen LogP contribution in [0.3, 0.4) is 0 Å². The third-order valence-corrected chi connectivity index (χ3v) is 3.31. The Labute approximate surface area is 101 Å². The molecule has 0 aromatic carbocycles. The van der Waals surface area contributed by atoms with Crippen molar-refractivity contribution in [2.45, 2.75) is 38.5 Å². The van der Waals surface area contributed by atoms with Gasteiger partial charge in [0.25, 0.3) is 0 Å². The van der Waals surface area contributed by atoms with Gasteiger partial charge in [-0.05, 0) is 31.3 Å². The summed E-state index contributed by atoms with van der Waals surface area (Å²) in [5.74, 6) is 0.510. The van der Waals surface area contributed by atoms with E-state index < -0.39 is 0 Å². The van der Waals surface area contributed by atoms with Crippen LogP contribution < -0.4 is 5.73 Å².